The molecule has 0 radical (unpaired) electrons. The third-order valence-electron chi connectivity index (χ3n) is 2.34. The Morgan fingerprint density at radius 2 is 2.50 bits per heavy atom. The summed E-state index contributed by atoms with van der Waals surface area (Å²) in [6.07, 6.45) is 4.80. The van der Waals surface area contributed by atoms with Crippen LogP contribution in [0.1, 0.15) is 19.0 Å². The van der Waals surface area contributed by atoms with Crippen molar-refractivity contribution >= 4 is 0 Å². The van der Waals surface area contributed by atoms with Crippen LogP contribution in [-0.4, -0.2) is 4.57 Å². The maximum absolute atomic E-state index is 2.36. The first-order chi connectivity index (χ1) is 4.86. The lowest BCUT2D eigenvalue weighted by Crippen LogP contribution is -2.15. The van der Waals surface area contributed by atoms with Crippen LogP contribution in [0.5, 0.6) is 0 Å². The quantitative estimate of drug-likeness (QED) is 0.513. The molecule has 1 nitrogen and oxygen atoms in total. The summed E-state index contributed by atoms with van der Waals surface area (Å²) in [4.78, 5) is 0. The molecule has 1 unspecified atom stereocenters. The Labute approximate surface area is 61.7 Å². The summed E-state index contributed by atoms with van der Waals surface area (Å²) in [6, 6.07) is 4.38. The zero-order valence-electron chi connectivity index (χ0n) is 6.38. The summed E-state index contributed by atoms with van der Waals surface area (Å²) in [6.45, 7) is 3.56. The van der Waals surface area contributed by atoms with Crippen molar-refractivity contribution in [1.29, 1.82) is 0 Å². The average molecular weight is 135 g/mol. The van der Waals surface area contributed by atoms with E-state index in [2.05, 4.69) is 29.8 Å². The zero-order chi connectivity index (χ0) is 6.97. The van der Waals surface area contributed by atoms with E-state index in [-0.39, 0.29) is 0 Å². The second-order valence-electron chi connectivity index (χ2n) is 3.29. The fraction of sp³-hybridized carbons (Fsp3) is 0.556. The SMILES string of the molecule is CC1CCn2cccc2C1. The van der Waals surface area contributed by atoms with Crippen molar-refractivity contribution < 1.29 is 0 Å². The van der Waals surface area contributed by atoms with Crippen molar-refractivity contribution in [2.75, 3.05) is 0 Å². The molecule has 2 heterocycles. The van der Waals surface area contributed by atoms with E-state index >= 15 is 0 Å². The molecule has 10 heavy (non-hydrogen) atoms. The molecule has 0 spiro atoms. The van der Waals surface area contributed by atoms with E-state index in [0.717, 1.165) is 5.92 Å². The van der Waals surface area contributed by atoms with Crippen molar-refractivity contribution in [3.8, 4) is 0 Å². The standard InChI is InChI=1S/C9H13N/c1-8-4-6-10-5-2-3-9(10)7-8/h2-3,5,8H,4,6-7H2,1H3. The van der Waals surface area contributed by atoms with Crippen molar-refractivity contribution in [3.63, 3.8) is 0 Å². The lowest BCUT2D eigenvalue weighted by Gasteiger charge is -2.20. The van der Waals surface area contributed by atoms with Gasteiger partial charge in [0.05, 0.1) is 0 Å². The highest BCUT2D eigenvalue weighted by atomic mass is 15.0. The predicted molar refractivity (Wildman–Crippen MR) is 41.9 cm³/mol. The van der Waals surface area contributed by atoms with Gasteiger partial charge in [-0.2, -0.15) is 0 Å². The highest BCUT2D eigenvalue weighted by Crippen LogP contribution is 2.19. The Morgan fingerprint density at radius 3 is 3.40 bits per heavy atom. The molecule has 1 aliphatic rings. The predicted octanol–water partition coefficient (Wildman–Crippen LogP) is 2.07. The molecule has 0 saturated heterocycles. The van der Waals surface area contributed by atoms with Gasteiger partial charge in [0.25, 0.3) is 0 Å². The summed E-state index contributed by atoms with van der Waals surface area (Å²) in [5, 5.41) is 0. The van der Waals surface area contributed by atoms with Gasteiger partial charge < -0.3 is 4.57 Å². The Morgan fingerprint density at radius 1 is 1.60 bits per heavy atom. The Hall–Kier alpha value is -0.720. The largest absolute Gasteiger partial charge is 0.351 e. The van der Waals surface area contributed by atoms with E-state index in [9.17, 15) is 0 Å². The number of aromatic nitrogens is 1. The maximum Gasteiger partial charge on any atom is 0.0224 e. The zero-order valence-corrected chi connectivity index (χ0v) is 6.38. The number of nitrogens with zero attached hydrogens (tertiary/aromatic N) is 1. The minimum Gasteiger partial charge on any atom is -0.351 e. The number of aryl methyl sites for hydroxylation is 1. The minimum absolute atomic E-state index is 0.891. The third kappa shape index (κ3) is 0.859. The van der Waals surface area contributed by atoms with Crippen LogP contribution in [0.4, 0.5) is 0 Å². The van der Waals surface area contributed by atoms with E-state index in [0.29, 0.717) is 0 Å². The molecule has 1 aliphatic heterocycles. The normalized spacial score (nSPS) is 24.3. The molecule has 1 aromatic heterocycles. The Kier molecular flexibility index (Phi) is 1.30. The molecule has 2 rings (SSSR count). The van der Waals surface area contributed by atoms with Gasteiger partial charge in [0.2, 0.25) is 0 Å². The van der Waals surface area contributed by atoms with Gasteiger partial charge in [0, 0.05) is 18.4 Å². The van der Waals surface area contributed by atoms with Crippen molar-refractivity contribution in [1.82, 2.24) is 4.57 Å². The highest BCUT2D eigenvalue weighted by molar-refractivity contribution is 5.09. The average Bonchev–Trinajstić information content (AvgIpc) is 2.33. The lowest BCUT2D eigenvalue weighted by atomic mass is 9.99. The highest BCUT2D eigenvalue weighted by Gasteiger charge is 2.12. The first kappa shape index (κ1) is 6.02. The van der Waals surface area contributed by atoms with Crippen LogP contribution in [0.15, 0.2) is 18.3 Å². The lowest BCUT2D eigenvalue weighted by molar-refractivity contribution is 0.417. The van der Waals surface area contributed by atoms with Gasteiger partial charge in [-0.1, -0.05) is 6.92 Å². The molecule has 0 fully saturated rings. The Bertz CT molecular complexity index is 224. The smallest absolute Gasteiger partial charge is 0.0224 e. The maximum atomic E-state index is 2.36. The molecule has 1 aromatic rings. The second kappa shape index (κ2) is 2.15. The fourth-order valence-electron chi connectivity index (χ4n) is 1.67. The van der Waals surface area contributed by atoms with Crippen LogP contribution in [0.25, 0.3) is 0 Å². The van der Waals surface area contributed by atoms with E-state index in [1.807, 2.05) is 0 Å². The first-order valence-corrected chi connectivity index (χ1v) is 4.00. The van der Waals surface area contributed by atoms with Crippen molar-refractivity contribution in [3.05, 3.63) is 24.0 Å². The van der Waals surface area contributed by atoms with Crippen LogP contribution in [0, 0.1) is 5.92 Å². The molecular formula is C9H13N. The molecule has 0 aromatic carbocycles. The van der Waals surface area contributed by atoms with Gasteiger partial charge >= 0.3 is 0 Å². The van der Waals surface area contributed by atoms with Gasteiger partial charge in [0.1, 0.15) is 0 Å². The molecule has 1 heteroatoms. The Balaban J connectivity index is 2.30. The second-order valence-corrected chi connectivity index (χ2v) is 3.29. The molecule has 0 amide bonds. The number of hydrogen-bond donors (Lipinski definition) is 0. The molecule has 0 N–H and O–H groups in total. The molecule has 1 atom stereocenters. The van der Waals surface area contributed by atoms with Crippen molar-refractivity contribution in [2.24, 2.45) is 5.92 Å². The molecule has 0 saturated carbocycles. The number of fused-ring (bicyclic) bond motifs is 1. The monoisotopic (exact) mass is 135 g/mol. The van der Waals surface area contributed by atoms with E-state index in [1.165, 1.54) is 25.1 Å². The summed E-state index contributed by atoms with van der Waals surface area (Å²) >= 11 is 0. The summed E-state index contributed by atoms with van der Waals surface area (Å²) in [5.74, 6) is 0.891. The number of rotatable bonds is 0. The number of hydrogen-bond acceptors (Lipinski definition) is 0. The summed E-state index contributed by atoms with van der Waals surface area (Å²) < 4.78 is 2.36. The summed E-state index contributed by atoms with van der Waals surface area (Å²) in [5.41, 5.74) is 1.51. The van der Waals surface area contributed by atoms with E-state index < -0.39 is 0 Å². The van der Waals surface area contributed by atoms with Crippen LogP contribution >= 0.6 is 0 Å². The van der Waals surface area contributed by atoms with Gasteiger partial charge in [-0.15, -0.1) is 0 Å². The van der Waals surface area contributed by atoms with Gasteiger partial charge in [-0.3, -0.25) is 0 Å². The van der Waals surface area contributed by atoms with Gasteiger partial charge in [-0.25, -0.2) is 0 Å². The van der Waals surface area contributed by atoms with Gasteiger partial charge in [-0.05, 0) is 30.9 Å². The first-order valence-electron chi connectivity index (χ1n) is 4.00. The van der Waals surface area contributed by atoms with Crippen LogP contribution in [0.3, 0.4) is 0 Å². The summed E-state index contributed by atoms with van der Waals surface area (Å²) in [7, 11) is 0. The molecule has 0 aliphatic carbocycles. The molecule has 0 bridgehead atoms. The van der Waals surface area contributed by atoms with Crippen LogP contribution in [-0.2, 0) is 13.0 Å². The molecular weight excluding hydrogens is 122 g/mol. The van der Waals surface area contributed by atoms with E-state index in [1.54, 1.807) is 0 Å². The topological polar surface area (TPSA) is 4.93 Å². The third-order valence-corrected chi connectivity index (χ3v) is 2.34. The van der Waals surface area contributed by atoms with Gasteiger partial charge in [0.15, 0.2) is 0 Å². The fourth-order valence-corrected chi connectivity index (χ4v) is 1.67. The van der Waals surface area contributed by atoms with Crippen LogP contribution < -0.4 is 0 Å². The molecule has 54 valence electrons. The van der Waals surface area contributed by atoms with Crippen molar-refractivity contribution in [2.45, 2.75) is 26.3 Å². The van der Waals surface area contributed by atoms with E-state index in [4.69, 9.17) is 0 Å². The minimum atomic E-state index is 0.891. The van der Waals surface area contributed by atoms with Crippen LogP contribution in [0.2, 0.25) is 0 Å².